The Morgan fingerprint density at radius 3 is 2.23 bits per heavy atom. The first-order valence-corrected chi connectivity index (χ1v) is 9.31. The van der Waals surface area contributed by atoms with Crippen LogP contribution < -0.4 is 10.0 Å². The van der Waals surface area contributed by atoms with E-state index in [1.807, 2.05) is 19.9 Å². The Balaban J connectivity index is 2.27. The van der Waals surface area contributed by atoms with Crippen LogP contribution in [0.2, 0.25) is 0 Å². The van der Waals surface area contributed by atoms with Crippen LogP contribution in [0.5, 0.6) is 0 Å². The summed E-state index contributed by atoms with van der Waals surface area (Å²) in [6.45, 7) is 4.98. The number of nitrogens with one attached hydrogen (secondary N) is 2. The predicted molar refractivity (Wildman–Crippen MR) is 92.6 cm³/mol. The summed E-state index contributed by atoms with van der Waals surface area (Å²) in [7, 11) is -2.77. The highest BCUT2D eigenvalue weighted by Crippen LogP contribution is 2.28. The number of sulfonamides is 1. The largest absolute Gasteiger partial charge is 0.405 e. The molecule has 0 aliphatic carbocycles. The zero-order valence-electron chi connectivity index (χ0n) is 14.8. The number of hydrogen-bond donors (Lipinski definition) is 2. The van der Waals surface area contributed by atoms with Gasteiger partial charge in [0.25, 0.3) is 10.0 Å². The van der Waals surface area contributed by atoms with Crippen molar-refractivity contribution in [1.29, 1.82) is 0 Å². The molecule has 0 fully saturated rings. The van der Waals surface area contributed by atoms with Crippen molar-refractivity contribution in [3.05, 3.63) is 41.7 Å². The molecule has 144 valence electrons. The van der Waals surface area contributed by atoms with Gasteiger partial charge < -0.3 is 5.32 Å². The number of aromatic nitrogens is 2. The molecule has 0 bridgehead atoms. The second kappa shape index (κ2) is 7.28. The summed E-state index contributed by atoms with van der Waals surface area (Å²) in [5.41, 5.74) is 2.15. The molecule has 0 aliphatic heterocycles. The first kappa shape index (κ1) is 20.2. The minimum Gasteiger partial charge on any atom is -0.307 e. The van der Waals surface area contributed by atoms with Gasteiger partial charge in [0.05, 0.1) is 12.2 Å². The van der Waals surface area contributed by atoms with Crippen molar-refractivity contribution >= 4 is 15.7 Å². The summed E-state index contributed by atoms with van der Waals surface area (Å²) in [5.74, 6) is 0. The molecule has 0 saturated heterocycles. The van der Waals surface area contributed by atoms with Crippen LogP contribution >= 0.6 is 0 Å². The zero-order chi connectivity index (χ0) is 19.7. The number of rotatable bonds is 6. The first-order chi connectivity index (χ1) is 11.9. The van der Waals surface area contributed by atoms with Crippen LogP contribution in [0.1, 0.15) is 24.1 Å². The van der Waals surface area contributed by atoms with Gasteiger partial charge in [-0.25, -0.2) is 8.42 Å². The summed E-state index contributed by atoms with van der Waals surface area (Å²) in [4.78, 5) is -0.208. The van der Waals surface area contributed by atoms with Crippen molar-refractivity contribution in [2.75, 3.05) is 11.8 Å². The van der Waals surface area contributed by atoms with E-state index in [1.54, 1.807) is 12.1 Å². The molecule has 2 N–H and O–H groups in total. The lowest BCUT2D eigenvalue weighted by Gasteiger charge is -2.26. The summed E-state index contributed by atoms with van der Waals surface area (Å²) >= 11 is 0. The quantitative estimate of drug-likeness (QED) is 0.795. The number of likely N-dealkylation sites (N-methyl/N-ethyl adjacent to an activating group) is 1. The van der Waals surface area contributed by atoms with Gasteiger partial charge in [-0.15, -0.1) is 0 Å². The Morgan fingerprint density at radius 1 is 1.15 bits per heavy atom. The number of hydrogen-bond acceptors (Lipinski definition) is 4. The van der Waals surface area contributed by atoms with Gasteiger partial charge in [0.1, 0.15) is 10.9 Å². The molecule has 1 aromatic heterocycles. The van der Waals surface area contributed by atoms with Gasteiger partial charge in [0, 0.05) is 11.9 Å². The average molecular weight is 390 g/mol. The number of alkyl halides is 3. The minimum atomic E-state index is -4.49. The van der Waals surface area contributed by atoms with Crippen molar-refractivity contribution in [2.24, 2.45) is 0 Å². The molecule has 6 nitrogen and oxygen atoms in total. The van der Waals surface area contributed by atoms with E-state index < -0.39 is 28.3 Å². The average Bonchev–Trinajstić information content (AvgIpc) is 2.95. The molecule has 0 saturated carbocycles. The molecule has 2 rings (SSSR count). The minimum absolute atomic E-state index is 0.208. The zero-order valence-corrected chi connectivity index (χ0v) is 15.6. The number of aryl methyl sites for hydroxylation is 2. The molecule has 0 amide bonds. The standard InChI is InChI=1S/C16H21F3N4O2S/c1-10-5-11(2)7-13(6-10)22-26(24,25)14-8-21-23(9-14)12(3)15(20-4)16(17,18)19/h5-9,12,15,20,22H,1-4H3/t12?,15-/m0/s1. The van der Waals surface area contributed by atoms with E-state index in [-0.39, 0.29) is 4.90 Å². The van der Waals surface area contributed by atoms with Gasteiger partial charge in [-0.1, -0.05) is 6.07 Å². The predicted octanol–water partition coefficient (Wildman–Crippen LogP) is 3.01. The van der Waals surface area contributed by atoms with E-state index in [0.29, 0.717) is 5.69 Å². The Bertz CT molecular complexity index is 858. The summed E-state index contributed by atoms with van der Waals surface area (Å²) in [6.07, 6.45) is -2.37. The van der Waals surface area contributed by atoms with Crippen LogP contribution in [-0.4, -0.2) is 37.5 Å². The normalized spacial score (nSPS) is 14.9. The third-order valence-electron chi connectivity index (χ3n) is 3.93. The maximum atomic E-state index is 13.0. The molecule has 1 aromatic carbocycles. The van der Waals surface area contributed by atoms with Crippen LogP contribution in [0.15, 0.2) is 35.5 Å². The number of anilines is 1. The van der Waals surface area contributed by atoms with Gasteiger partial charge in [-0.05, 0) is 51.1 Å². The van der Waals surface area contributed by atoms with Gasteiger partial charge in [0.15, 0.2) is 0 Å². The van der Waals surface area contributed by atoms with Crippen molar-refractivity contribution in [3.8, 4) is 0 Å². The first-order valence-electron chi connectivity index (χ1n) is 7.83. The monoisotopic (exact) mass is 390 g/mol. The smallest absolute Gasteiger partial charge is 0.307 e. The number of halogens is 3. The van der Waals surface area contributed by atoms with E-state index in [4.69, 9.17) is 0 Å². The molecule has 0 spiro atoms. The maximum absolute atomic E-state index is 13.0. The Hall–Kier alpha value is -2.07. The molecular weight excluding hydrogens is 369 g/mol. The summed E-state index contributed by atoms with van der Waals surface area (Å²) in [6, 6.07) is 2.25. The molecule has 1 heterocycles. The second-order valence-electron chi connectivity index (χ2n) is 6.19. The van der Waals surface area contributed by atoms with Gasteiger partial charge in [0.2, 0.25) is 0 Å². The van der Waals surface area contributed by atoms with Crippen LogP contribution in [0, 0.1) is 13.8 Å². The molecule has 26 heavy (non-hydrogen) atoms. The molecule has 2 atom stereocenters. The molecule has 10 heteroatoms. The Labute approximate surface area is 150 Å². The molecule has 2 aromatic rings. The molecule has 1 unspecified atom stereocenters. The Morgan fingerprint density at radius 2 is 1.73 bits per heavy atom. The van der Waals surface area contributed by atoms with E-state index >= 15 is 0 Å². The van der Waals surface area contributed by atoms with Crippen molar-refractivity contribution in [3.63, 3.8) is 0 Å². The van der Waals surface area contributed by atoms with Crippen molar-refractivity contribution < 1.29 is 21.6 Å². The highest BCUT2D eigenvalue weighted by molar-refractivity contribution is 7.92. The second-order valence-corrected chi connectivity index (χ2v) is 7.87. The third kappa shape index (κ3) is 4.55. The highest BCUT2D eigenvalue weighted by atomic mass is 32.2. The van der Waals surface area contributed by atoms with Gasteiger partial charge in [-0.2, -0.15) is 18.3 Å². The Kier molecular flexibility index (Phi) is 5.67. The topological polar surface area (TPSA) is 76.0 Å². The SMILES string of the molecule is CN[C@@H](C(C)n1cc(S(=O)(=O)Nc2cc(C)cc(C)c2)cn1)C(F)(F)F. The molecule has 0 radical (unpaired) electrons. The van der Waals surface area contributed by atoms with E-state index in [2.05, 4.69) is 15.1 Å². The lowest BCUT2D eigenvalue weighted by molar-refractivity contribution is -0.164. The summed E-state index contributed by atoms with van der Waals surface area (Å²) < 4.78 is 67.5. The fraction of sp³-hybridized carbons (Fsp3) is 0.438. The van der Waals surface area contributed by atoms with E-state index in [0.717, 1.165) is 28.2 Å². The van der Waals surface area contributed by atoms with Gasteiger partial charge in [-0.3, -0.25) is 9.40 Å². The van der Waals surface area contributed by atoms with Crippen LogP contribution in [0.3, 0.4) is 0 Å². The van der Waals surface area contributed by atoms with Crippen molar-refractivity contribution in [1.82, 2.24) is 15.1 Å². The van der Waals surface area contributed by atoms with E-state index in [9.17, 15) is 21.6 Å². The van der Waals surface area contributed by atoms with Crippen LogP contribution in [0.25, 0.3) is 0 Å². The fourth-order valence-electron chi connectivity index (χ4n) is 2.76. The maximum Gasteiger partial charge on any atom is 0.405 e. The van der Waals surface area contributed by atoms with Crippen molar-refractivity contribution in [2.45, 2.75) is 43.9 Å². The summed E-state index contributed by atoms with van der Waals surface area (Å²) in [5, 5.41) is 5.99. The van der Waals surface area contributed by atoms with E-state index in [1.165, 1.54) is 14.0 Å². The van der Waals surface area contributed by atoms with Crippen LogP contribution in [-0.2, 0) is 10.0 Å². The van der Waals surface area contributed by atoms with Crippen LogP contribution in [0.4, 0.5) is 18.9 Å². The lowest BCUT2D eigenvalue weighted by Crippen LogP contribution is -2.45. The highest BCUT2D eigenvalue weighted by Gasteiger charge is 2.43. The number of nitrogens with zero attached hydrogens (tertiary/aromatic N) is 2. The lowest BCUT2D eigenvalue weighted by atomic mass is 10.1. The molecule has 0 aliphatic rings. The molecular formula is C16H21F3N4O2S. The third-order valence-corrected chi connectivity index (χ3v) is 5.26. The fourth-order valence-corrected chi connectivity index (χ4v) is 3.74. The number of benzene rings is 1. The van der Waals surface area contributed by atoms with Gasteiger partial charge >= 0.3 is 6.18 Å².